The van der Waals surface area contributed by atoms with Crippen LogP contribution in [-0.4, -0.2) is 29.5 Å². The van der Waals surface area contributed by atoms with Gasteiger partial charge < -0.3 is 16.3 Å². The minimum Gasteiger partial charge on any atom is -0.411 e. The van der Waals surface area contributed by atoms with Gasteiger partial charge in [-0.2, -0.15) is 0 Å². The van der Waals surface area contributed by atoms with Crippen molar-refractivity contribution in [2.24, 2.45) is 10.9 Å². The number of hydrogen-bond donors (Lipinski definition) is 3. The summed E-state index contributed by atoms with van der Waals surface area (Å²) in [7, 11) is 0. The summed E-state index contributed by atoms with van der Waals surface area (Å²) in [6.45, 7) is 6.96. The van der Waals surface area contributed by atoms with Gasteiger partial charge in [0.1, 0.15) is 0 Å². The van der Waals surface area contributed by atoms with Crippen LogP contribution in [0.2, 0.25) is 0 Å². The zero-order valence-electron chi connectivity index (χ0n) is 7.39. The van der Waals surface area contributed by atoms with Crippen LogP contribution in [0.3, 0.4) is 0 Å². The van der Waals surface area contributed by atoms with Crippen molar-refractivity contribution < 1.29 is 5.21 Å². The van der Waals surface area contributed by atoms with E-state index in [9.17, 15) is 0 Å². The van der Waals surface area contributed by atoms with Crippen molar-refractivity contribution in [1.29, 1.82) is 0 Å². The lowest BCUT2D eigenvalue weighted by atomic mass is 10.00. The average Bonchev–Trinajstić information content (AvgIpc) is 1.99. The Morgan fingerprint density at radius 3 is 2.55 bits per heavy atom. The maximum atomic E-state index is 8.49. The first-order valence-corrected chi connectivity index (χ1v) is 3.69. The Morgan fingerprint density at radius 1 is 1.64 bits per heavy atom. The third-order valence-corrected chi connectivity index (χ3v) is 1.77. The molecule has 0 spiro atoms. The van der Waals surface area contributed by atoms with Crippen LogP contribution in [0.25, 0.3) is 0 Å². The first kappa shape index (κ1) is 10.4. The molecule has 0 radical (unpaired) electrons. The van der Waals surface area contributed by atoms with Gasteiger partial charge in [0.05, 0.1) is 11.3 Å². The fourth-order valence-corrected chi connectivity index (χ4v) is 0.638. The van der Waals surface area contributed by atoms with E-state index in [1.807, 2.05) is 13.8 Å². The highest BCUT2D eigenvalue weighted by Crippen LogP contribution is 2.03. The van der Waals surface area contributed by atoms with E-state index in [0.717, 1.165) is 6.54 Å². The van der Waals surface area contributed by atoms with Crippen LogP contribution >= 0.6 is 0 Å². The highest BCUT2D eigenvalue weighted by molar-refractivity contribution is 5.90. The van der Waals surface area contributed by atoms with Gasteiger partial charge in [-0.05, 0) is 20.8 Å². The molecule has 0 bridgehead atoms. The first-order chi connectivity index (χ1) is 5.04. The van der Waals surface area contributed by atoms with Crippen LogP contribution in [0.1, 0.15) is 20.8 Å². The summed E-state index contributed by atoms with van der Waals surface area (Å²) < 4.78 is 0. The van der Waals surface area contributed by atoms with Crippen molar-refractivity contribution in [2.75, 3.05) is 13.1 Å². The van der Waals surface area contributed by atoms with Gasteiger partial charge in [0, 0.05) is 13.1 Å². The van der Waals surface area contributed by atoms with Gasteiger partial charge in [-0.3, -0.25) is 0 Å². The predicted molar refractivity (Wildman–Crippen MR) is 46.0 cm³/mol. The van der Waals surface area contributed by atoms with Crippen LogP contribution in [0.15, 0.2) is 5.16 Å². The maximum Gasteiger partial charge on any atom is 0.0734 e. The molecule has 0 aromatic heterocycles. The molecule has 0 fully saturated rings. The van der Waals surface area contributed by atoms with Crippen molar-refractivity contribution in [2.45, 2.75) is 26.3 Å². The Kier molecular flexibility index (Phi) is 4.07. The molecule has 0 saturated heterocycles. The summed E-state index contributed by atoms with van der Waals surface area (Å²) in [4.78, 5) is 0. The molecule has 0 rings (SSSR count). The molecule has 66 valence electrons. The van der Waals surface area contributed by atoms with E-state index in [-0.39, 0.29) is 5.54 Å². The smallest absolute Gasteiger partial charge is 0.0734 e. The highest BCUT2D eigenvalue weighted by atomic mass is 16.4. The van der Waals surface area contributed by atoms with Crippen molar-refractivity contribution in [3.63, 3.8) is 0 Å². The molecule has 0 aromatic carbocycles. The Hall–Kier alpha value is -0.610. The van der Waals surface area contributed by atoms with E-state index in [0.29, 0.717) is 12.3 Å². The molecular weight excluding hydrogens is 142 g/mol. The second kappa shape index (κ2) is 4.31. The molecule has 4 nitrogen and oxygen atoms in total. The minimum absolute atomic E-state index is 0.270. The van der Waals surface area contributed by atoms with Crippen molar-refractivity contribution in [3.05, 3.63) is 0 Å². The van der Waals surface area contributed by atoms with Gasteiger partial charge in [0.2, 0.25) is 0 Å². The first-order valence-electron chi connectivity index (χ1n) is 3.69. The fourth-order valence-electron chi connectivity index (χ4n) is 0.638. The molecule has 0 aliphatic heterocycles. The Labute approximate surface area is 67.5 Å². The molecule has 0 saturated carbocycles. The zero-order valence-corrected chi connectivity index (χ0v) is 7.39. The topological polar surface area (TPSA) is 70.6 Å². The Morgan fingerprint density at radius 2 is 2.18 bits per heavy atom. The molecule has 0 atom stereocenters. The highest BCUT2D eigenvalue weighted by Gasteiger charge is 2.20. The number of oxime groups is 1. The second-order valence-electron chi connectivity index (χ2n) is 3.03. The molecule has 4 heteroatoms. The molecule has 0 aliphatic carbocycles. The van der Waals surface area contributed by atoms with E-state index in [4.69, 9.17) is 10.9 Å². The molecule has 0 unspecified atom stereocenters. The SMILES string of the molecule is CC(=NO)C(C)(C)NCCN. The summed E-state index contributed by atoms with van der Waals surface area (Å²) in [5, 5.41) is 14.8. The van der Waals surface area contributed by atoms with Gasteiger partial charge in [-0.1, -0.05) is 5.16 Å². The van der Waals surface area contributed by atoms with E-state index in [1.54, 1.807) is 6.92 Å². The van der Waals surface area contributed by atoms with Crippen molar-refractivity contribution >= 4 is 5.71 Å². The van der Waals surface area contributed by atoms with Gasteiger partial charge in [0.15, 0.2) is 0 Å². The number of hydrogen-bond acceptors (Lipinski definition) is 4. The van der Waals surface area contributed by atoms with E-state index >= 15 is 0 Å². The third kappa shape index (κ3) is 3.34. The lowest BCUT2D eigenvalue weighted by Crippen LogP contribution is -2.47. The van der Waals surface area contributed by atoms with Crippen LogP contribution in [-0.2, 0) is 0 Å². The van der Waals surface area contributed by atoms with Crippen LogP contribution in [0.4, 0.5) is 0 Å². The largest absolute Gasteiger partial charge is 0.411 e. The summed E-state index contributed by atoms with van der Waals surface area (Å²) in [5.74, 6) is 0. The van der Waals surface area contributed by atoms with Gasteiger partial charge >= 0.3 is 0 Å². The molecule has 0 heterocycles. The average molecular weight is 159 g/mol. The second-order valence-corrected chi connectivity index (χ2v) is 3.03. The number of nitrogens with two attached hydrogens (primary N) is 1. The summed E-state index contributed by atoms with van der Waals surface area (Å²) >= 11 is 0. The Bertz CT molecular complexity index is 143. The fraction of sp³-hybridized carbons (Fsp3) is 0.857. The van der Waals surface area contributed by atoms with Gasteiger partial charge in [0.25, 0.3) is 0 Å². The lowest BCUT2D eigenvalue weighted by molar-refractivity contribution is 0.311. The summed E-state index contributed by atoms with van der Waals surface area (Å²) in [5.41, 5.74) is 5.70. The lowest BCUT2D eigenvalue weighted by Gasteiger charge is -2.24. The normalized spacial score (nSPS) is 13.6. The number of rotatable bonds is 4. The van der Waals surface area contributed by atoms with Crippen molar-refractivity contribution in [3.8, 4) is 0 Å². The van der Waals surface area contributed by atoms with Crippen LogP contribution in [0, 0.1) is 0 Å². The molecule has 0 aliphatic rings. The van der Waals surface area contributed by atoms with E-state index in [1.165, 1.54) is 0 Å². The third-order valence-electron chi connectivity index (χ3n) is 1.77. The molecule has 0 amide bonds. The number of nitrogens with zero attached hydrogens (tertiary/aromatic N) is 1. The molecule has 0 aromatic rings. The van der Waals surface area contributed by atoms with Crippen LogP contribution < -0.4 is 11.1 Å². The summed E-state index contributed by atoms with van der Waals surface area (Å²) in [6.07, 6.45) is 0. The van der Waals surface area contributed by atoms with Crippen molar-refractivity contribution in [1.82, 2.24) is 5.32 Å². The standard InChI is InChI=1S/C7H17N3O/c1-6(10-11)7(2,3)9-5-4-8/h9,11H,4-5,8H2,1-3H3. The molecule has 4 N–H and O–H groups in total. The maximum absolute atomic E-state index is 8.49. The molecule has 11 heavy (non-hydrogen) atoms. The summed E-state index contributed by atoms with van der Waals surface area (Å²) in [6, 6.07) is 0. The quantitative estimate of drug-likeness (QED) is 0.311. The van der Waals surface area contributed by atoms with E-state index < -0.39 is 0 Å². The Balaban J connectivity index is 3.99. The molecular formula is C7H17N3O. The zero-order chi connectivity index (χ0) is 8.91. The monoisotopic (exact) mass is 159 g/mol. The minimum atomic E-state index is -0.270. The van der Waals surface area contributed by atoms with Gasteiger partial charge in [-0.15, -0.1) is 0 Å². The van der Waals surface area contributed by atoms with Crippen LogP contribution in [0.5, 0.6) is 0 Å². The van der Waals surface area contributed by atoms with E-state index in [2.05, 4.69) is 10.5 Å². The predicted octanol–water partition coefficient (Wildman–Crippen LogP) is 0.163. The van der Waals surface area contributed by atoms with Gasteiger partial charge in [-0.25, -0.2) is 0 Å². The number of nitrogens with one attached hydrogen (secondary N) is 1.